The number of hydrogen-bond donors (Lipinski definition) is 2. The Hall–Kier alpha value is -0.690. The number of fused-ring (bicyclic) bond motifs is 4. The van der Waals surface area contributed by atoms with Crippen molar-refractivity contribution in [3.63, 3.8) is 0 Å². The van der Waals surface area contributed by atoms with Crippen LogP contribution < -0.4 is 11.1 Å². The fraction of sp³-hybridized carbons (Fsp3) is 0.952. The van der Waals surface area contributed by atoms with Crippen LogP contribution in [0.4, 0.5) is 0 Å². The van der Waals surface area contributed by atoms with Gasteiger partial charge in [-0.15, -0.1) is 0 Å². The number of hydrogen-bond acceptors (Lipinski definition) is 5. The molecule has 4 unspecified atom stereocenters. The standard InChI is InChI=1S/C21H32N2O4/c22-18(24)3-6-23-12-13-1-4-20(5-2-13)25-21(27-26-20)16-8-14-7-15-9-17(21)11-19(14,15)10-16/h13-17,23H,1-12H2,(H2,22,24)/t13-,14?,15?,16?,17?,19?,20+,21?. The number of amides is 1. The summed E-state index contributed by atoms with van der Waals surface area (Å²) in [7, 11) is 0. The van der Waals surface area contributed by atoms with Gasteiger partial charge in [0.2, 0.25) is 17.5 Å². The van der Waals surface area contributed by atoms with E-state index in [-0.39, 0.29) is 5.91 Å². The van der Waals surface area contributed by atoms with E-state index in [1.807, 2.05) is 0 Å². The molecule has 4 atom stereocenters. The molecule has 1 aliphatic heterocycles. The zero-order valence-electron chi connectivity index (χ0n) is 16.1. The fourth-order valence-corrected chi connectivity index (χ4v) is 7.91. The fourth-order valence-electron chi connectivity index (χ4n) is 7.91. The predicted octanol–water partition coefficient (Wildman–Crippen LogP) is 2.47. The minimum atomic E-state index is -0.515. The van der Waals surface area contributed by atoms with E-state index in [1.165, 1.54) is 32.1 Å². The Labute approximate surface area is 160 Å². The zero-order valence-corrected chi connectivity index (χ0v) is 16.1. The quantitative estimate of drug-likeness (QED) is 0.569. The van der Waals surface area contributed by atoms with Gasteiger partial charge in [-0.25, -0.2) is 0 Å². The first-order valence-corrected chi connectivity index (χ1v) is 11.1. The Morgan fingerprint density at radius 3 is 2.33 bits per heavy atom. The van der Waals surface area contributed by atoms with Gasteiger partial charge < -0.3 is 15.8 Å². The van der Waals surface area contributed by atoms with Gasteiger partial charge in [-0.1, -0.05) is 0 Å². The molecule has 6 heteroatoms. The second kappa shape index (κ2) is 5.68. The summed E-state index contributed by atoms with van der Waals surface area (Å²) >= 11 is 0. The number of rotatable bonds is 5. The Bertz CT molecular complexity index is 620. The van der Waals surface area contributed by atoms with Crippen LogP contribution in [0.1, 0.15) is 64.2 Å². The molecule has 0 aromatic carbocycles. The molecule has 6 nitrogen and oxygen atoms in total. The highest BCUT2D eigenvalue weighted by molar-refractivity contribution is 5.73. The number of primary amides is 1. The molecule has 0 aromatic heterocycles. The highest BCUT2D eigenvalue weighted by atomic mass is 17.3. The molecule has 5 aliphatic carbocycles. The smallest absolute Gasteiger partial charge is 0.218 e. The molecule has 0 aromatic rings. The van der Waals surface area contributed by atoms with E-state index < -0.39 is 11.6 Å². The maximum atomic E-state index is 10.8. The maximum Gasteiger partial charge on any atom is 0.218 e. The molecule has 150 valence electrons. The SMILES string of the molecule is NC(=O)CCNC[C@H]1CC[C@]2(CC1)OO[C@]1(O2)C2CC3CC4CC1CC34C2. The van der Waals surface area contributed by atoms with Gasteiger partial charge in [0, 0.05) is 37.6 Å². The summed E-state index contributed by atoms with van der Waals surface area (Å²) in [5.41, 5.74) is 5.86. The molecule has 27 heavy (non-hydrogen) atoms. The lowest BCUT2D eigenvalue weighted by atomic mass is 9.56. The van der Waals surface area contributed by atoms with Gasteiger partial charge in [0.15, 0.2) is 0 Å². The van der Waals surface area contributed by atoms with Gasteiger partial charge in [-0.05, 0) is 74.7 Å². The summed E-state index contributed by atoms with van der Waals surface area (Å²) in [4.78, 5) is 23.0. The first-order valence-electron chi connectivity index (χ1n) is 11.1. The molecule has 1 amide bonds. The van der Waals surface area contributed by atoms with E-state index in [0.29, 0.717) is 36.1 Å². The third kappa shape index (κ3) is 2.30. The van der Waals surface area contributed by atoms with Gasteiger partial charge in [-0.2, -0.15) is 9.78 Å². The molecular weight excluding hydrogens is 344 g/mol. The Kier molecular flexibility index (Phi) is 3.62. The van der Waals surface area contributed by atoms with E-state index >= 15 is 0 Å². The number of nitrogens with one attached hydrogen (secondary N) is 1. The largest absolute Gasteiger partial charge is 0.370 e. The second-order valence-corrected chi connectivity index (χ2v) is 10.4. The van der Waals surface area contributed by atoms with E-state index in [1.54, 1.807) is 0 Å². The minimum absolute atomic E-state index is 0.242. The van der Waals surface area contributed by atoms with Crippen molar-refractivity contribution in [2.75, 3.05) is 13.1 Å². The van der Waals surface area contributed by atoms with E-state index in [0.717, 1.165) is 44.1 Å². The van der Waals surface area contributed by atoms with Crippen LogP contribution in [-0.2, 0) is 19.3 Å². The van der Waals surface area contributed by atoms with Crippen LogP contribution in [0.5, 0.6) is 0 Å². The molecule has 1 heterocycles. The summed E-state index contributed by atoms with van der Waals surface area (Å²) < 4.78 is 6.82. The second-order valence-electron chi connectivity index (χ2n) is 10.4. The van der Waals surface area contributed by atoms with Crippen molar-refractivity contribution in [3.8, 4) is 0 Å². The molecular formula is C21H32N2O4. The maximum absolute atomic E-state index is 10.8. The Morgan fingerprint density at radius 2 is 1.67 bits per heavy atom. The summed E-state index contributed by atoms with van der Waals surface area (Å²) in [5, 5.41) is 3.36. The topological polar surface area (TPSA) is 82.8 Å². The van der Waals surface area contributed by atoms with Crippen molar-refractivity contribution in [1.82, 2.24) is 5.32 Å². The van der Waals surface area contributed by atoms with Crippen LogP contribution in [-0.4, -0.2) is 30.6 Å². The lowest BCUT2D eigenvalue weighted by molar-refractivity contribution is -0.375. The van der Waals surface area contributed by atoms with Crippen molar-refractivity contribution >= 4 is 5.91 Å². The van der Waals surface area contributed by atoms with Crippen LogP contribution in [0.3, 0.4) is 0 Å². The third-order valence-corrected chi connectivity index (χ3v) is 9.24. The van der Waals surface area contributed by atoms with Crippen molar-refractivity contribution in [2.45, 2.75) is 75.8 Å². The molecule has 6 fully saturated rings. The highest BCUT2D eigenvalue weighted by Crippen LogP contribution is 2.79. The van der Waals surface area contributed by atoms with Crippen LogP contribution in [0.25, 0.3) is 0 Å². The highest BCUT2D eigenvalue weighted by Gasteiger charge is 2.77. The number of carbonyl (C=O) groups is 1. The molecule has 6 aliphatic rings. The van der Waals surface area contributed by atoms with Gasteiger partial charge >= 0.3 is 0 Å². The lowest BCUT2D eigenvalue weighted by Crippen LogP contribution is -2.50. The van der Waals surface area contributed by atoms with Crippen molar-refractivity contribution < 1.29 is 19.3 Å². The minimum Gasteiger partial charge on any atom is -0.370 e. The van der Waals surface area contributed by atoms with Crippen LogP contribution in [0, 0.1) is 35.0 Å². The first-order chi connectivity index (χ1) is 13.0. The third-order valence-electron chi connectivity index (χ3n) is 9.24. The Balaban J connectivity index is 1.08. The molecule has 1 saturated heterocycles. The molecule has 6 rings (SSSR count). The van der Waals surface area contributed by atoms with Crippen LogP contribution in [0.15, 0.2) is 0 Å². The summed E-state index contributed by atoms with van der Waals surface area (Å²) in [6.45, 7) is 1.61. The molecule has 3 spiro atoms. The van der Waals surface area contributed by atoms with Crippen molar-refractivity contribution in [3.05, 3.63) is 0 Å². The first kappa shape index (κ1) is 17.2. The number of ether oxygens (including phenoxy) is 1. The van der Waals surface area contributed by atoms with Crippen molar-refractivity contribution in [2.24, 2.45) is 40.7 Å². The van der Waals surface area contributed by atoms with E-state index in [2.05, 4.69) is 5.32 Å². The molecule has 3 N–H and O–H groups in total. The van der Waals surface area contributed by atoms with Crippen LogP contribution in [0.2, 0.25) is 0 Å². The monoisotopic (exact) mass is 376 g/mol. The van der Waals surface area contributed by atoms with E-state index in [4.69, 9.17) is 20.2 Å². The predicted molar refractivity (Wildman–Crippen MR) is 96.8 cm³/mol. The summed E-state index contributed by atoms with van der Waals surface area (Å²) in [5.74, 6) is 2.36. The average Bonchev–Trinajstić information content (AvgIpc) is 3.23. The van der Waals surface area contributed by atoms with Gasteiger partial charge in [0.1, 0.15) is 0 Å². The van der Waals surface area contributed by atoms with Gasteiger partial charge in [0.05, 0.1) is 0 Å². The lowest BCUT2D eigenvalue weighted by Gasteiger charge is -2.49. The number of nitrogens with two attached hydrogens (primary N) is 1. The molecule has 3 bridgehead atoms. The van der Waals surface area contributed by atoms with Gasteiger partial charge in [0.25, 0.3) is 0 Å². The van der Waals surface area contributed by atoms with Gasteiger partial charge in [-0.3, -0.25) is 4.79 Å². The number of carbonyl (C=O) groups excluding carboxylic acids is 1. The summed E-state index contributed by atoms with van der Waals surface area (Å²) in [6, 6.07) is 0. The zero-order chi connectivity index (χ0) is 18.3. The Morgan fingerprint density at radius 1 is 1.00 bits per heavy atom. The van der Waals surface area contributed by atoms with Crippen LogP contribution >= 0.6 is 0 Å². The average molecular weight is 376 g/mol. The molecule has 5 saturated carbocycles. The summed E-state index contributed by atoms with van der Waals surface area (Å²) in [6.07, 6.45) is 11.0. The van der Waals surface area contributed by atoms with Crippen molar-refractivity contribution in [1.29, 1.82) is 0 Å². The normalized spacial score (nSPS) is 54.6. The van der Waals surface area contributed by atoms with E-state index in [9.17, 15) is 4.79 Å². The molecule has 0 radical (unpaired) electrons.